The number of nitrogens with one attached hydrogen (secondary N) is 1. The lowest BCUT2D eigenvalue weighted by Gasteiger charge is -2.29. The van der Waals surface area contributed by atoms with E-state index >= 15 is 0 Å². The quantitative estimate of drug-likeness (QED) is 0.756. The molecule has 2 aliphatic heterocycles. The van der Waals surface area contributed by atoms with Gasteiger partial charge in [-0.15, -0.1) is 0 Å². The Balaban J connectivity index is 1.74. The fraction of sp³-hybridized carbons (Fsp3) is 0.900. The van der Waals surface area contributed by atoms with Crippen molar-refractivity contribution in [3.8, 4) is 0 Å². The molecule has 4 nitrogen and oxygen atoms in total. The molecule has 1 amide bonds. The average molecular weight is 230 g/mol. The van der Waals surface area contributed by atoms with E-state index in [-0.39, 0.29) is 5.91 Å². The van der Waals surface area contributed by atoms with Crippen molar-refractivity contribution in [1.82, 2.24) is 10.4 Å². The summed E-state index contributed by atoms with van der Waals surface area (Å²) in [4.78, 5) is 17.1. The van der Waals surface area contributed by atoms with Crippen LogP contribution in [0.25, 0.3) is 0 Å². The zero-order chi connectivity index (χ0) is 10.5. The molecule has 0 aromatic heterocycles. The highest BCUT2D eigenvalue weighted by atomic mass is 32.2. The molecule has 2 aliphatic rings. The first kappa shape index (κ1) is 11.2. The minimum atomic E-state index is 0.134. The molecule has 86 valence electrons. The summed E-state index contributed by atoms with van der Waals surface area (Å²) in [5.74, 6) is 2.33. The van der Waals surface area contributed by atoms with Gasteiger partial charge in [-0.2, -0.15) is 11.8 Å². The minimum Gasteiger partial charge on any atom is -0.312 e. The largest absolute Gasteiger partial charge is 0.312 e. The summed E-state index contributed by atoms with van der Waals surface area (Å²) in [5, 5.41) is 4.91. The maximum Gasteiger partial charge on any atom is 0.247 e. The van der Waals surface area contributed by atoms with E-state index in [0.29, 0.717) is 19.1 Å². The lowest BCUT2D eigenvalue weighted by Crippen LogP contribution is -2.43. The van der Waals surface area contributed by atoms with Crippen LogP contribution in [-0.2, 0) is 9.63 Å². The van der Waals surface area contributed by atoms with Gasteiger partial charge in [-0.1, -0.05) is 0 Å². The van der Waals surface area contributed by atoms with E-state index in [1.54, 1.807) is 5.06 Å². The summed E-state index contributed by atoms with van der Waals surface area (Å²) in [6.45, 7) is 2.47. The summed E-state index contributed by atoms with van der Waals surface area (Å²) in [6, 6.07) is 0.335. The van der Waals surface area contributed by atoms with Crippen molar-refractivity contribution in [2.24, 2.45) is 0 Å². The number of amides is 1. The van der Waals surface area contributed by atoms with Gasteiger partial charge < -0.3 is 5.32 Å². The first-order chi connectivity index (χ1) is 7.36. The highest BCUT2D eigenvalue weighted by Gasteiger charge is 2.22. The highest BCUT2D eigenvalue weighted by Crippen LogP contribution is 2.13. The predicted octanol–water partition coefficient (Wildman–Crippen LogP) is 0.635. The molecule has 2 fully saturated rings. The normalized spacial score (nSPS) is 27.7. The molecule has 0 saturated carbocycles. The summed E-state index contributed by atoms with van der Waals surface area (Å²) < 4.78 is 0. The van der Waals surface area contributed by atoms with Crippen molar-refractivity contribution in [2.45, 2.75) is 25.3 Å². The lowest BCUT2D eigenvalue weighted by atomic mass is 10.2. The third-order valence-electron chi connectivity index (χ3n) is 2.70. The topological polar surface area (TPSA) is 41.6 Å². The van der Waals surface area contributed by atoms with Crippen LogP contribution >= 0.6 is 11.8 Å². The molecule has 0 aliphatic carbocycles. The van der Waals surface area contributed by atoms with Crippen molar-refractivity contribution in [3.63, 3.8) is 0 Å². The van der Waals surface area contributed by atoms with E-state index in [1.165, 1.54) is 0 Å². The first-order valence-corrected chi connectivity index (χ1v) is 6.76. The van der Waals surface area contributed by atoms with Crippen LogP contribution in [0.5, 0.6) is 0 Å². The number of carbonyl (C=O) groups excluding carboxylic acids is 1. The van der Waals surface area contributed by atoms with Crippen molar-refractivity contribution in [2.75, 3.05) is 31.2 Å². The Labute approximate surface area is 94.7 Å². The van der Waals surface area contributed by atoms with Crippen molar-refractivity contribution in [1.29, 1.82) is 0 Å². The maximum atomic E-state index is 11.8. The number of hydrogen-bond acceptors (Lipinski definition) is 4. The van der Waals surface area contributed by atoms with Gasteiger partial charge in [0.1, 0.15) is 0 Å². The summed E-state index contributed by atoms with van der Waals surface area (Å²) >= 11 is 1.92. The van der Waals surface area contributed by atoms with Crippen LogP contribution < -0.4 is 5.32 Å². The van der Waals surface area contributed by atoms with Gasteiger partial charge in [0, 0.05) is 37.1 Å². The lowest BCUT2D eigenvalue weighted by molar-refractivity contribution is -0.197. The molecule has 0 aromatic carbocycles. The van der Waals surface area contributed by atoms with Crippen molar-refractivity contribution in [3.05, 3.63) is 0 Å². The van der Waals surface area contributed by atoms with Gasteiger partial charge in [-0.25, -0.2) is 5.06 Å². The summed E-state index contributed by atoms with van der Waals surface area (Å²) in [5.41, 5.74) is 0. The Bertz CT molecular complexity index is 213. The summed E-state index contributed by atoms with van der Waals surface area (Å²) in [7, 11) is 0. The molecule has 15 heavy (non-hydrogen) atoms. The Morgan fingerprint density at radius 2 is 2.47 bits per heavy atom. The second-order valence-electron chi connectivity index (χ2n) is 3.97. The van der Waals surface area contributed by atoms with Crippen LogP contribution in [0.1, 0.15) is 19.3 Å². The van der Waals surface area contributed by atoms with Crippen LogP contribution in [0.4, 0.5) is 0 Å². The zero-order valence-electron chi connectivity index (χ0n) is 8.91. The monoisotopic (exact) mass is 230 g/mol. The van der Waals surface area contributed by atoms with E-state index in [0.717, 1.165) is 37.4 Å². The molecule has 2 heterocycles. The Hall–Kier alpha value is -0.260. The fourth-order valence-corrected chi connectivity index (χ4v) is 2.81. The standard InChI is InChI=1S/C10H18N2O2S/c13-10(12-4-1-2-5-14-12)7-9-8-15-6-3-11-9/h9,11H,1-8H2. The van der Waals surface area contributed by atoms with Crippen molar-refractivity contribution >= 4 is 17.7 Å². The van der Waals surface area contributed by atoms with E-state index < -0.39 is 0 Å². The number of carbonyl (C=O) groups is 1. The third-order valence-corrected chi connectivity index (χ3v) is 3.83. The van der Waals surface area contributed by atoms with Gasteiger partial charge in [-0.05, 0) is 12.8 Å². The second-order valence-corrected chi connectivity index (χ2v) is 5.12. The molecule has 1 unspecified atom stereocenters. The van der Waals surface area contributed by atoms with Crippen molar-refractivity contribution < 1.29 is 9.63 Å². The van der Waals surface area contributed by atoms with Crippen LogP contribution in [0, 0.1) is 0 Å². The fourth-order valence-electron chi connectivity index (χ4n) is 1.86. The number of hydroxylamine groups is 2. The number of thioether (sulfide) groups is 1. The van der Waals surface area contributed by atoms with E-state index in [9.17, 15) is 4.79 Å². The van der Waals surface area contributed by atoms with Gasteiger partial charge in [0.05, 0.1) is 6.61 Å². The molecular weight excluding hydrogens is 212 g/mol. The molecule has 1 atom stereocenters. The van der Waals surface area contributed by atoms with Crippen LogP contribution in [0.3, 0.4) is 0 Å². The SMILES string of the molecule is O=C(CC1CSCCN1)N1CCCCO1. The van der Waals surface area contributed by atoms with Crippen LogP contribution in [0.2, 0.25) is 0 Å². The molecule has 2 saturated heterocycles. The number of rotatable bonds is 2. The molecule has 5 heteroatoms. The Kier molecular flexibility index (Phi) is 4.29. The number of hydrogen-bond donors (Lipinski definition) is 1. The van der Waals surface area contributed by atoms with E-state index in [4.69, 9.17) is 4.84 Å². The van der Waals surface area contributed by atoms with Gasteiger partial charge >= 0.3 is 0 Å². The van der Waals surface area contributed by atoms with Gasteiger partial charge in [0.15, 0.2) is 0 Å². The molecule has 0 aromatic rings. The minimum absolute atomic E-state index is 0.134. The van der Waals surface area contributed by atoms with E-state index in [1.807, 2.05) is 11.8 Å². The Morgan fingerprint density at radius 1 is 1.53 bits per heavy atom. The third kappa shape index (κ3) is 3.36. The Morgan fingerprint density at radius 3 is 3.13 bits per heavy atom. The summed E-state index contributed by atoms with van der Waals surface area (Å²) in [6.07, 6.45) is 2.72. The second kappa shape index (κ2) is 5.72. The molecule has 0 radical (unpaired) electrons. The van der Waals surface area contributed by atoms with Gasteiger partial charge in [0.2, 0.25) is 5.91 Å². The molecule has 2 rings (SSSR count). The molecule has 1 N–H and O–H groups in total. The van der Waals surface area contributed by atoms with Gasteiger partial charge in [0.25, 0.3) is 0 Å². The van der Waals surface area contributed by atoms with Gasteiger partial charge in [-0.3, -0.25) is 9.63 Å². The average Bonchev–Trinajstić information content (AvgIpc) is 2.31. The number of nitrogens with zero attached hydrogens (tertiary/aromatic N) is 1. The highest BCUT2D eigenvalue weighted by molar-refractivity contribution is 7.99. The first-order valence-electron chi connectivity index (χ1n) is 5.60. The maximum absolute atomic E-state index is 11.8. The predicted molar refractivity (Wildman–Crippen MR) is 60.6 cm³/mol. The molecule has 0 bridgehead atoms. The van der Waals surface area contributed by atoms with Crippen LogP contribution in [-0.4, -0.2) is 48.2 Å². The smallest absolute Gasteiger partial charge is 0.247 e. The zero-order valence-corrected chi connectivity index (χ0v) is 9.72. The molecular formula is C10H18N2O2S. The van der Waals surface area contributed by atoms with E-state index in [2.05, 4.69) is 5.32 Å². The van der Waals surface area contributed by atoms with Crippen LogP contribution in [0.15, 0.2) is 0 Å². The molecule has 0 spiro atoms.